The molecule has 3 nitrogen and oxygen atoms in total. The predicted octanol–water partition coefficient (Wildman–Crippen LogP) is 0.563. The summed E-state index contributed by atoms with van der Waals surface area (Å²) in [4.78, 5) is 2.41. The molecular weight excluding hydrogens is 164 g/mol. The first kappa shape index (κ1) is 11.0. The molecule has 78 valence electrons. The summed E-state index contributed by atoms with van der Waals surface area (Å²) >= 11 is 0. The van der Waals surface area contributed by atoms with Gasteiger partial charge < -0.3 is 10.1 Å². The van der Waals surface area contributed by atoms with Crippen molar-refractivity contribution in [3.05, 3.63) is 0 Å². The summed E-state index contributed by atoms with van der Waals surface area (Å²) < 4.78 is 5.24. The lowest BCUT2D eigenvalue weighted by Crippen LogP contribution is -2.40. The average Bonchev–Trinajstić information content (AvgIpc) is 2.93. The molecule has 13 heavy (non-hydrogen) atoms. The number of methoxy groups -OCH3 is 1. The zero-order valence-electron chi connectivity index (χ0n) is 9.05. The Balaban J connectivity index is 2.25. The van der Waals surface area contributed by atoms with E-state index < -0.39 is 0 Å². The van der Waals surface area contributed by atoms with Crippen LogP contribution < -0.4 is 5.32 Å². The summed E-state index contributed by atoms with van der Waals surface area (Å²) in [5.74, 6) is 0.891. The Bertz CT molecular complexity index is 137. The van der Waals surface area contributed by atoms with Gasteiger partial charge >= 0.3 is 0 Å². The van der Waals surface area contributed by atoms with E-state index in [0.29, 0.717) is 6.04 Å². The van der Waals surface area contributed by atoms with Crippen LogP contribution in [0.25, 0.3) is 0 Å². The lowest BCUT2D eigenvalue weighted by Gasteiger charge is -2.27. The molecule has 0 amide bonds. The van der Waals surface area contributed by atoms with E-state index in [4.69, 9.17) is 4.74 Å². The Morgan fingerprint density at radius 1 is 1.54 bits per heavy atom. The third-order valence-electron chi connectivity index (χ3n) is 2.78. The number of ether oxygens (including phenoxy) is 1. The highest BCUT2D eigenvalue weighted by atomic mass is 16.5. The molecule has 1 N–H and O–H groups in total. The first-order valence-corrected chi connectivity index (χ1v) is 5.13. The highest BCUT2D eigenvalue weighted by molar-refractivity contribution is 4.87. The fraction of sp³-hybridized carbons (Fsp3) is 1.00. The Labute approximate surface area is 81.4 Å². The van der Waals surface area contributed by atoms with Gasteiger partial charge in [0.05, 0.1) is 6.61 Å². The smallest absolute Gasteiger partial charge is 0.0620 e. The maximum Gasteiger partial charge on any atom is 0.0620 e. The third kappa shape index (κ3) is 3.63. The van der Waals surface area contributed by atoms with Crippen molar-refractivity contribution < 1.29 is 4.74 Å². The maximum atomic E-state index is 5.24. The number of hydrogen-bond acceptors (Lipinski definition) is 3. The highest BCUT2D eigenvalue weighted by Gasteiger charge is 2.33. The Kier molecular flexibility index (Phi) is 4.70. The van der Waals surface area contributed by atoms with Crippen LogP contribution in [-0.4, -0.2) is 51.8 Å². The van der Waals surface area contributed by atoms with Crippen molar-refractivity contribution in [2.75, 3.05) is 40.9 Å². The van der Waals surface area contributed by atoms with Gasteiger partial charge in [0.15, 0.2) is 0 Å². The topological polar surface area (TPSA) is 24.5 Å². The molecule has 0 aromatic rings. The lowest BCUT2D eigenvalue weighted by atomic mass is 10.2. The Morgan fingerprint density at radius 3 is 2.69 bits per heavy atom. The fourth-order valence-corrected chi connectivity index (χ4v) is 1.73. The zero-order valence-corrected chi connectivity index (χ0v) is 9.05. The first-order valence-electron chi connectivity index (χ1n) is 5.13. The molecule has 1 fully saturated rings. The molecule has 0 radical (unpaired) electrons. The predicted molar refractivity (Wildman–Crippen MR) is 54.9 cm³/mol. The van der Waals surface area contributed by atoms with Crippen LogP contribution in [0.3, 0.4) is 0 Å². The molecule has 1 atom stereocenters. The molecule has 0 bridgehead atoms. The van der Waals surface area contributed by atoms with E-state index in [-0.39, 0.29) is 0 Å². The van der Waals surface area contributed by atoms with Gasteiger partial charge in [-0.2, -0.15) is 0 Å². The molecule has 0 aromatic carbocycles. The standard InChI is InChI=1S/C10H22N2O/c1-11-6-7-12(2)10(8-13-3)9-4-5-9/h9-11H,4-8H2,1-3H3. The van der Waals surface area contributed by atoms with Crippen LogP contribution in [0.1, 0.15) is 12.8 Å². The van der Waals surface area contributed by atoms with E-state index in [9.17, 15) is 0 Å². The zero-order chi connectivity index (χ0) is 9.68. The van der Waals surface area contributed by atoms with E-state index in [1.807, 2.05) is 7.05 Å². The van der Waals surface area contributed by atoms with Gasteiger partial charge in [0.1, 0.15) is 0 Å². The second kappa shape index (κ2) is 5.58. The minimum atomic E-state index is 0.637. The van der Waals surface area contributed by atoms with Gasteiger partial charge in [-0.05, 0) is 32.9 Å². The molecular formula is C10H22N2O. The van der Waals surface area contributed by atoms with Crippen LogP contribution in [0.4, 0.5) is 0 Å². The molecule has 1 aliphatic carbocycles. The molecule has 0 aromatic heterocycles. The van der Waals surface area contributed by atoms with Gasteiger partial charge in [0.2, 0.25) is 0 Å². The van der Waals surface area contributed by atoms with Crippen molar-refractivity contribution in [3.8, 4) is 0 Å². The number of rotatable bonds is 7. The number of likely N-dealkylation sites (N-methyl/N-ethyl adjacent to an activating group) is 2. The lowest BCUT2D eigenvalue weighted by molar-refractivity contribution is 0.0947. The van der Waals surface area contributed by atoms with Crippen molar-refractivity contribution in [2.45, 2.75) is 18.9 Å². The van der Waals surface area contributed by atoms with E-state index in [2.05, 4.69) is 17.3 Å². The van der Waals surface area contributed by atoms with E-state index in [0.717, 1.165) is 25.6 Å². The van der Waals surface area contributed by atoms with E-state index >= 15 is 0 Å². The highest BCUT2D eigenvalue weighted by Crippen LogP contribution is 2.34. The minimum Gasteiger partial charge on any atom is -0.383 e. The van der Waals surface area contributed by atoms with Crippen LogP contribution >= 0.6 is 0 Å². The molecule has 0 aliphatic heterocycles. The van der Waals surface area contributed by atoms with E-state index in [1.165, 1.54) is 12.8 Å². The first-order chi connectivity index (χ1) is 6.29. The summed E-state index contributed by atoms with van der Waals surface area (Å²) in [6.07, 6.45) is 2.77. The molecule has 1 saturated carbocycles. The van der Waals surface area contributed by atoms with Gasteiger partial charge in [-0.3, -0.25) is 4.90 Å². The molecule has 1 aliphatic rings. The summed E-state index contributed by atoms with van der Waals surface area (Å²) in [5, 5.41) is 3.17. The molecule has 0 heterocycles. The second-order valence-electron chi connectivity index (χ2n) is 3.94. The fourth-order valence-electron chi connectivity index (χ4n) is 1.73. The summed E-state index contributed by atoms with van der Waals surface area (Å²) in [5.41, 5.74) is 0. The summed E-state index contributed by atoms with van der Waals surface area (Å²) in [7, 11) is 5.98. The molecule has 1 rings (SSSR count). The molecule has 1 unspecified atom stereocenters. The maximum absolute atomic E-state index is 5.24. The van der Waals surface area contributed by atoms with Crippen molar-refractivity contribution in [1.82, 2.24) is 10.2 Å². The SMILES string of the molecule is CNCCN(C)C(COC)C1CC1. The quantitative estimate of drug-likeness (QED) is 0.629. The minimum absolute atomic E-state index is 0.637. The molecule has 0 saturated heterocycles. The van der Waals surface area contributed by atoms with Crippen LogP contribution in [-0.2, 0) is 4.74 Å². The van der Waals surface area contributed by atoms with Crippen LogP contribution in [0.5, 0.6) is 0 Å². The normalized spacial score (nSPS) is 19.4. The van der Waals surface area contributed by atoms with E-state index in [1.54, 1.807) is 7.11 Å². The summed E-state index contributed by atoms with van der Waals surface area (Å²) in [6, 6.07) is 0.637. The monoisotopic (exact) mass is 186 g/mol. The van der Waals surface area contributed by atoms with Crippen LogP contribution in [0, 0.1) is 5.92 Å². The largest absolute Gasteiger partial charge is 0.383 e. The summed E-state index contributed by atoms with van der Waals surface area (Å²) in [6.45, 7) is 3.05. The Morgan fingerprint density at radius 2 is 2.23 bits per heavy atom. The van der Waals surface area contributed by atoms with Crippen molar-refractivity contribution in [3.63, 3.8) is 0 Å². The van der Waals surface area contributed by atoms with Gasteiger partial charge in [-0.15, -0.1) is 0 Å². The molecule has 0 spiro atoms. The van der Waals surface area contributed by atoms with Gasteiger partial charge in [0.25, 0.3) is 0 Å². The van der Waals surface area contributed by atoms with Crippen molar-refractivity contribution in [1.29, 1.82) is 0 Å². The average molecular weight is 186 g/mol. The Hall–Kier alpha value is -0.120. The van der Waals surface area contributed by atoms with Crippen molar-refractivity contribution >= 4 is 0 Å². The number of nitrogens with one attached hydrogen (secondary N) is 1. The van der Waals surface area contributed by atoms with Gasteiger partial charge in [-0.25, -0.2) is 0 Å². The van der Waals surface area contributed by atoms with Crippen LogP contribution in [0.2, 0.25) is 0 Å². The second-order valence-corrected chi connectivity index (χ2v) is 3.94. The third-order valence-corrected chi connectivity index (χ3v) is 2.78. The number of hydrogen-bond donors (Lipinski definition) is 1. The van der Waals surface area contributed by atoms with Gasteiger partial charge in [0, 0.05) is 26.2 Å². The molecule has 3 heteroatoms. The van der Waals surface area contributed by atoms with Gasteiger partial charge in [-0.1, -0.05) is 0 Å². The van der Waals surface area contributed by atoms with Crippen LogP contribution in [0.15, 0.2) is 0 Å². The number of nitrogens with zero attached hydrogens (tertiary/aromatic N) is 1. The van der Waals surface area contributed by atoms with Crippen molar-refractivity contribution in [2.24, 2.45) is 5.92 Å².